The molecule has 0 bridgehead atoms. The molecule has 17 heavy (non-hydrogen) atoms. The molecule has 1 saturated heterocycles. The molecule has 3 unspecified atom stereocenters. The summed E-state index contributed by atoms with van der Waals surface area (Å²) in [7, 11) is 0. The van der Waals surface area contributed by atoms with Crippen molar-refractivity contribution in [3.63, 3.8) is 0 Å². The maximum Gasteiger partial charge on any atom is 0.0735 e. The lowest BCUT2D eigenvalue weighted by molar-refractivity contribution is 0.0324. The average molecular weight is 233 g/mol. The normalized spacial score (nSPS) is 26.0. The Morgan fingerprint density at radius 3 is 2.65 bits per heavy atom. The van der Waals surface area contributed by atoms with Gasteiger partial charge in [-0.25, -0.2) is 0 Å². The van der Waals surface area contributed by atoms with Gasteiger partial charge >= 0.3 is 0 Å². The van der Waals surface area contributed by atoms with Crippen molar-refractivity contribution in [2.75, 3.05) is 6.54 Å². The molecule has 1 aromatic rings. The molecule has 0 aromatic heterocycles. The van der Waals surface area contributed by atoms with Gasteiger partial charge in [0.25, 0.3) is 0 Å². The van der Waals surface area contributed by atoms with Crippen molar-refractivity contribution >= 4 is 0 Å². The first-order valence-corrected chi connectivity index (χ1v) is 6.72. The van der Waals surface area contributed by atoms with Gasteiger partial charge in [-0.2, -0.15) is 0 Å². The van der Waals surface area contributed by atoms with Crippen molar-refractivity contribution in [3.8, 4) is 0 Å². The second-order valence-electron chi connectivity index (χ2n) is 4.92. The average Bonchev–Trinajstić information content (AvgIpc) is 2.77. The summed E-state index contributed by atoms with van der Waals surface area (Å²) in [6.45, 7) is 5.34. The molecule has 0 spiro atoms. The number of hydrogen-bond donors (Lipinski definition) is 1. The van der Waals surface area contributed by atoms with E-state index in [-0.39, 0.29) is 0 Å². The van der Waals surface area contributed by atoms with Gasteiger partial charge in [0, 0.05) is 6.04 Å². The van der Waals surface area contributed by atoms with Gasteiger partial charge in [0.1, 0.15) is 0 Å². The van der Waals surface area contributed by atoms with E-state index in [1.807, 2.05) is 0 Å². The van der Waals surface area contributed by atoms with E-state index in [9.17, 15) is 0 Å². The molecular formula is C15H23NO. The molecule has 0 aliphatic carbocycles. The van der Waals surface area contributed by atoms with E-state index in [1.165, 1.54) is 18.4 Å². The fourth-order valence-electron chi connectivity index (χ4n) is 2.59. The smallest absolute Gasteiger partial charge is 0.0735 e. The third-order valence-corrected chi connectivity index (χ3v) is 3.48. The highest BCUT2D eigenvalue weighted by Crippen LogP contribution is 2.23. The maximum atomic E-state index is 5.99. The molecule has 2 rings (SSSR count). The van der Waals surface area contributed by atoms with Crippen LogP contribution in [-0.2, 0) is 11.2 Å². The highest BCUT2D eigenvalue weighted by Gasteiger charge is 2.28. The molecule has 2 heteroatoms. The zero-order valence-corrected chi connectivity index (χ0v) is 10.9. The molecule has 2 nitrogen and oxygen atoms in total. The maximum absolute atomic E-state index is 5.99. The lowest BCUT2D eigenvalue weighted by Gasteiger charge is -2.24. The van der Waals surface area contributed by atoms with Crippen molar-refractivity contribution in [3.05, 3.63) is 35.9 Å². The van der Waals surface area contributed by atoms with Crippen LogP contribution in [0.3, 0.4) is 0 Å². The quantitative estimate of drug-likeness (QED) is 0.844. The van der Waals surface area contributed by atoms with Gasteiger partial charge in [-0.15, -0.1) is 0 Å². The Balaban J connectivity index is 1.97. The standard InChI is InChI=1S/C15H23NO/c1-3-16-14(15-10-9-12(2)17-15)11-13-7-5-4-6-8-13/h4-8,12,14-16H,3,9-11H2,1-2H3. The minimum atomic E-state index is 0.380. The highest BCUT2D eigenvalue weighted by atomic mass is 16.5. The van der Waals surface area contributed by atoms with E-state index in [0.717, 1.165) is 13.0 Å². The van der Waals surface area contributed by atoms with Crippen LogP contribution in [0.2, 0.25) is 0 Å². The van der Waals surface area contributed by atoms with E-state index in [0.29, 0.717) is 18.2 Å². The SMILES string of the molecule is CCNC(Cc1ccccc1)C1CCC(C)O1. The zero-order valence-electron chi connectivity index (χ0n) is 10.9. The van der Waals surface area contributed by atoms with Crippen LogP contribution in [0, 0.1) is 0 Å². The van der Waals surface area contributed by atoms with Gasteiger partial charge in [0.2, 0.25) is 0 Å². The van der Waals surface area contributed by atoms with Crippen molar-refractivity contribution in [2.45, 2.75) is 51.4 Å². The lowest BCUT2D eigenvalue weighted by Crippen LogP contribution is -2.41. The van der Waals surface area contributed by atoms with Crippen LogP contribution < -0.4 is 5.32 Å². The number of hydrogen-bond acceptors (Lipinski definition) is 2. The van der Waals surface area contributed by atoms with E-state index < -0.39 is 0 Å². The first-order valence-electron chi connectivity index (χ1n) is 6.72. The Morgan fingerprint density at radius 2 is 2.06 bits per heavy atom. The number of rotatable bonds is 5. The topological polar surface area (TPSA) is 21.3 Å². The van der Waals surface area contributed by atoms with Gasteiger partial charge in [0.15, 0.2) is 0 Å². The molecule has 1 aromatic carbocycles. The Kier molecular flexibility index (Phi) is 4.57. The summed E-state index contributed by atoms with van der Waals surface area (Å²) in [4.78, 5) is 0. The van der Waals surface area contributed by atoms with Crippen LogP contribution in [0.15, 0.2) is 30.3 Å². The Labute approximate surface area is 104 Å². The number of nitrogens with one attached hydrogen (secondary N) is 1. The first kappa shape index (κ1) is 12.6. The van der Waals surface area contributed by atoms with Crippen LogP contribution in [0.25, 0.3) is 0 Å². The minimum Gasteiger partial charge on any atom is -0.374 e. The Bertz CT molecular complexity index is 325. The molecule has 1 N–H and O–H groups in total. The summed E-state index contributed by atoms with van der Waals surface area (Å²) in [5.41, 5.74) is 1.39. The summed E-state index contributed by atoms with van der Waals surface area (Å²) in [6.07, 6.45) is 4.25. The molecule has 0 amide bonds. The fourth-order valence-corrected chi connectivity index (χ4v) is 2.59. The summed E-state index contributed by atoms with van der Waals surface area (Å²) in [6, 6.07) is 11.1. The molecule has 94 valence electrons. The van der Waals surface area contributed by atoms with E-state index in [4.69, 9.17) is 4.74 Å². The van der Waals surface area contributed by atoms with Gasteiger partial charge < -0.3 is 10.1 Å². The largest absolute Gasteiger partial charge is 0.374 e. The van der Waals surface area contributed by atoms with Gasteiger partial charge in [-0.3, -0.25) is 0 Å². The zero-order chi connectivity index (χ0) is 12.1. The molecule has 1 aliphatic rings. The third kappa shape index (κ3) is 3.55. The van der Waals surface area contributed by atoms with Crippen LogP contribution >= 0.6 is 0 Å². The van der Waals surface area contributed by atoms with E-state index in [1.54, 1.807) is 0 Å². The van der Waals surface area contributed by atoms with Crippen molar-refractivity contribution < 1.29 is 4.74 Å². The van der Waals surface area contributed by atoms with Crippen LogP contribution in [-0.4, -0.2) is 24.8 Å². The highest BCUT2D eigenvalue weighted by molar-refractivity contribution is 5.16. The molecule has 3 atom stereocenters. The minimum absolute atomic E-state index is 0.380. The van der Waals surface area contributed by atoms with Crippen LogP contribution in [0.4, 0.5) is 0 Å². The summed E-state index contributed by atoms with van der Waals surface area (Å²) in [5, 5.41) is 3.57. The Hall–Kier alpha value is -0.860. The summed E-state index contributed by atoms with van der Waals surface area (Å²) in [5.74, 6) is 0. The predicted molar refractivity (Wildman–Crippen MR) is 71.2 cm³/mol. The van der Waals surface area contributed by atoms with Crippen LogP contribution in [0.5, 0.6) is 0 Å². The molecule has 1 aliphatic heterocycles. The van der Waals surface area contributed by atoms with Crippen molar-refractivity contribution in [1.82, 2.24) is 5.32 Å². The third-order valence-electron chi connectivity index (χ3n) is 3.48. The second kappa shape index (κ2) is 6.18. The van der Waals surface area contributed by atoms with Gasteiger partial charge in [-0.1, -0.05) is 37.3 Å². The van der Waals surface area contributed by atoms with Crippen molar-refractivity contribution in [2.24, 2.45) is 0 Å². The monoisotopic (exact) mass is 233 g/mol. The fraction of sp³-hybridized carbons (Fsp3) is 0.600. The summed E-state index contributed by atoms with van der Waals surface area (Å²) < 4.78 is 5.99. The molecule has 1 fully saturated rings. The Morgan fingerprint density at radius 1 is 1.29 bits per heavy atom. The molecule has 1 heterocycles. The summed E-state index contributed by atoms with van der Waals surface area (Å²) >= 11 is 0. The number of likely N-dealkylation sites (N-methyl/N-ethyl adjacent to an activating group) is 1. The lowest BCUT2D eigenvalue weighted by atomic mass is 9.99. The second-order valence-corrected chi connectivity index (χ2v) is 4.92. The predicted octanol–water partition coefficient (Wildman–Crippen LogP) is 2.77. The van der Waals surface area contributed by atoms with E-state index in [2.05, 4.69) is 49.5 Å². The van der Waals surface area contributed by atoms with E-state index >= 15 is 0 Å². The number of benzene rings is 1. The molecule has 0 radical (unpaired) electrons. The van der Waals surface area contributed by atoms with Crippen molar-refractivity contribution in [1.29, 1.82) is 0 Å². The molecule has 0 saturated carbocycles. The first-order chi connectivity index (χ1) is 8.29. The number of ether oxygens (including phenoxy) is 1. The molecular weight excluding hydrogens is 210 g/mol. The van der Waals surface area contributed by atoms with Crippen LogP contribution in [0.1, 0.15) is 32.3 Å². The van der Waals surface area contributed by atoms with Gasteiger partial charge in [-0.05, 0) is 38.3 Å². The van der Waals surface area contributed by atoms with Gasteiger partial charge in [0.05, 0.1) is 12.2 Å².